The van der Waals surface area contributed by atoms with E-state index < -0.39 is 23.7 Å². The number of carbonyl (C=O) groups is 1. The Bertz CT molecular complexity index is 463. The van der Waals surface area contributed by atoms with E-state index in [1.807, 2.05) is 0 Å². The highest BCUT2D eigenvalue weighted by Gasteiger charge is 2.34. The van der Waals surface area contributed by atoms with Crippen molar-refractivity contribution >= 4 is 11.6 Å². The topological polar surface area (TPSA) is 52.6 Å². The maximum Gasteiger partial charge on any atom is 0.418 e. The van der Waals surface area contributed by atoms with Gasteiger partial charge in [0.2, 0.25) is 5.91 Å². The second-order valence-electron chi connectivity index (χ2n) is 4.41. The quantitative estimate of drug-likeness (QED) is 0.871. The fourth-order valence-electron chi connectivity index (χ4n) is 1.63. The maximum absolute atomic E-state index is 12.8. The van der Waals surface area contributed by atoms with Crippen LogP contribution in [0.1, 0.15) is 12.5 Å². The number of anilines is 1. The van der Waals surface area contributed by atoms with E-state index in [4.69, 9.17) is 5.11 Å². The number of hydrogen-bond acceptors (Lipinski definition) is 3. The van der Waals surface area contributed by atoms with Gasteiger partial charge in [-0.15, -0.1) is 0 Å². The summed E-state index contributed by atoms with van der Waals surface area (Å²) in [6, 6.07) is 4.16. The molecule has 0 heterocycles. The molecule has 2 N–H and O–H groups in total. The SMILES string of the molecule is CC(C(=O)Nc1ccccc1C(F)(F)F)N(C)CCO. The summed E-state index contributed by atoms with van der Waals surface area (Å²) in [7, 11) is 1.61. The number of para-hydroxylation sites is 1. The Labute approximate surface area is 115 Å². The Kier molecular flexibility index (Phi) is 5.52. The highest BCUT2D eigenvalue weighted by atomic mass is 19.4. The molecular weight excluding hydrogens is 273 g/mol. The summed E-state index contributed by atoms with van der Waals surface area (Å²) in [4.78, 5) is 13.5. The molecule has 0 aliphatic carbocycles. The zero-order valence-electron chi connectivity index (χ0n) is 11.2. The molecule has 0 spiro atoms. The third-order valence-electron chi connectivity index (χ3n) is 2.98. The predicted octanol–water partition coefficient (Wildman–Crippen LogP) is 1.96. The number of amides is 1. The van der Waals surface area contributed by atoms with Gasteiger partial charge >= 0.3 is 6.18 Å². The first-order valence-electron chi connectivity index (χ1n) is 6.05. The van der Waals surface area contributed by atoms with Crippen molar-refractivity contribution in [1.82, 2.24) is 4.90 Å². The Morgan fingerprint density at radius 1 is 1.40 bits per heavy atom. The highest BCUT2D eigenvalue weighted by Crippen LogP contribution is 2.34. The van der Waals surface area contributed by atoms with E-state index in [2.05, 4.69) is 5.32 Å². The molecular formula is C13H17F3N2O2. The molecule has 1 atom stereocenters. The molecule has 0 bridgehead atoms. The normalized spacial score (nSPS) is 13.3. The first kappa shape index (κ1) is 16.5. The van der Waals surface area contributed by atoms with Gasteiger partial charge in [0.05, 0.1) is 23.9 Å². The molecule has 0 saturated carbocycles. The van der Waals surface area contributed by atoms with Gasteiger partial charge in [0.25, 0.3) is 0 Å². The van der Waals surface area contributed by atoms with Crippen LogP contribution < -0.4 is 5.32 Å². The van der Waals surface area contributed by atoms with Gasteiger partial charge in [0.15, 0.2) is 0 Å². The second kappa shape index (κ2) is 6.71. The Balaban J connectivity index is 2.86. The minimum absolute atomic E-state index is 0.132. The van der Waals surface area contributed by atoms with Gasteiger partial charge in [0.1, 0.15) is 0 Å². The fourth-order valence-corrected chi connectivity index (χ4v) is 1.63. The molecule has 0 aliphatic rings. The second-order valence-corrected chi connectivity index (χ2v) is 4.41. The van der Waals surface area contributed by atoms with E-state index in [-0.39, 0.29) is 18.8 Å². The summed E-state index contributed by atoms with van der Waals surface area (Å²) in [6.45, 7) is 1.68. The molecule has 4 nitrogen and oxygen atoms in total. The molecule has 0 aliphatic heterocycles. The van der Waals surface area contributed by atoms with Crippen LogP contribution in [0.2, 0.25) is 0 Å². The third-order valence-corrected chi connectivity index (χ3v) is 2.98. The minimum atomic E-state index is -4.52. The van der Waals surface area contributed by atoms with E-state index in [1.165, 1.54) is 18.2 Å². The number of alkyl halides is 3. The first-order chi connectivity index (χ1) is 9.27. The molecule has 7 heteroatoms. The van der Waals surface area contributed by atoms with E-state index in [1.54, 1.807) is 18.9 Å². The molecule has 1 aromatic carbocycles. The summed E-state index contributed by atoms with van der Waals surface area (Å²) in [5.74, 6) is -0.558. The third kappa shape index (κ3) is 4.21. The lowest BCUT2D eigenvalue weighted by Crippen LogP contribution is -2.41. The number of halogens is 3. The van der Waals surface area contributed by atoms with Crippen molar-refractivity contribution in [3.8, 4) is 0 Å². The number of benzene rings is 1. The van der Waals surface area contributed by atoms with Crippen LogP contribution in [0.25, 0.3) is 0 Å². The molecule has 112 valence electrons. The van der Waals surface area contributed by atoms with Crippen molar-refractivity contribution in [1.29, 1.82) is 0 Å². The van der Waals surface area contributed by atoms with Gasteiger partial charge in [-0.2, -0.15) is 13.2 Å². The Hall–Kier alpha value is -1.60. The first-order valence-corrected chi connectivity index (χ1v) is 6.05. The van der Waals surface area contributed by atoms with Gasteiger partial charge < -0.3 is 10.4 Å². The van der Waals surface area contributed by atoms with Crippen molar-refractivity contribution in [2.45, 2.75) is 19.1 Å². The van der Waals surface area contributed by atoms with Gasteiger partial charge in [-0.05, 0) is 26.1 Å². The predicted molar refractivity (Wildman–Crippen MR) is 69.3 cm³/mol. The summed E-state index contributed by atoms with van der Waals surface area (Å²) >= 11 is 0. The monoisotopic (exact) mass is 290 g/mol. The van der Waals surface area contributed by atoms with E-state index in [9.17, 15) is 18.0 Å². The van der Waals surface area contributed by atoms with Crippen molar-refractivity contribution in [2.24, 2.45) is 0 Å². The highest BCUT2D eigenvalue weighted by molar-refractivity contribution is 5.95. The van der Waals surface area contributed by atoms with E-state index in [0.717, 1.165) is 6.07 Å². The summed E-state index contributed by atoms with van der Waals surface area (Å²) in [6.07, 6.45) is -4.52. The number of nitrogens with one attached hydrogen (secondary N) is 1. The minimum Gasteiger partial charge on any atom is -0.395 e. The molecule has 0 radical (unpaired) electrons. The van der Waals surface area contributed by atoms with Crippen molar-refractivity contribution in [3.63, 3.8) is 0 Å². The summed E-state index contributed by atoms with van der Waals surface area (Å²) in [5, 5.41) is 11.1. The lowest BCUT2D eigenvalue weighted by molar-refractivity contribution is -0.137. The van der Waals surface area contributed by atoms with Crippen LogP contribution in [0.5, 0.6) is 0 Å². The van der Waals surface area contributed by atoms with Crippen molar-refractivity contribution in [2.75, 3.05) is 25.5 Å². The maximum atomic E-state index is 12.8. The largest absolute Gasteiger partial charge is 0.418 e. The smallest absolute Gasteiger partial charge is 0.395 e. The van der Waals surface area contributed by atoms with Crippen LogP contribution in [0.4, 0.5) is 18.9 Å². The number of carbonyl (C=O) groups excluding carboxylic acids is 1. The number of rotatable bonds is 5. The standard InChI is InChI=1S/C13H17F3N2O2/c1-9(18(2)7-8-19)12(20)17-11-6-4-3-5-10(11)13(14,15)16/h3-6,9,19H,7-8H2,1-2H3,(H,17,20). The lowest BCUT2D eigenvalue weighted by atomic mass is 10.1. The van der Waals surface area contributed by atoms with Gasteiger partial charge in [0, 0.05) is 6.54 Å². The Morgan fingerprint density at radius 3 is 2.55 bits per heavy atom. The molecule has 0 fully saturated rings. The number of aliphatic hydroxyl groups is 1. The molecule has 1 unspecified atom stereocenters. The molecule has 1 rings (SSSR count). The van der Waals surface area contributed by atoms with Crippen molar-refractivity contribution in [3.05, 3.63) is 29.8 Å². The van der Waals surface area contributed by atoms with Crippen LogP contribution >= 0.6 is 0 Å². The summed E-state index contributed by atoms with van der Waals surface area (Å²) < 4.78 is 38.4. The van der Waals surface area contributed by atoms with Crippen LogP contribution in [0.3, 0.4) is 0 Å². The zero-order valence-corrected chi connectivity index (χ0v) is 11.2. The molecule has 0 saturated heterocycles. The summed E-state index contributed by atoms with van der Waals surface area (Å²) in [5.41, 5.74) is -1.15. The average molecular weight is 290 g/mol. The number of aliphatic hydroxyl groups excluding tert-OH is 1. The average Bonchev–Trinajstić information content (AvgIpc) is 2.37. The van der Waals surface area contributed by atoms with Gasteiger partial charge in [-0.1, -0.05) is 12.1 Å². The Morgan fingerprint density at radius 2 is 2.00 bits per heavy atom. The van der Waals surface area contributed by atoms with Crippen molar-refractivity contribution < 1.29 is 23.1 Å². The molecule has 0 aromatic heterocycles. The van der Waals surface area contributed by atoms with Crippen LogP contribution in [-0.2, 0) is 11.0 Å². The van der Waals surface area contributed by atoms with Crippen LogP contribution in [0, 0.1) is 0 Å². The number of likely N-dealkylation sites (N-methyl/N-ethyl adjacent to an activating group) is 1. The van der Waals surface area contributed by atoms with Gasteiger partial charge in [-0.25, -0.2) is 0 Å². The number of hydrogen-bond donors (Lipinski definition) is 2. The zero-order chi connectivity index (χ0) is 15.3. The fraction of sp³-hybridized carbons (Fsp3) is 0.462. The van der Waals surface area contributed by atoms with Crippen LogP contribution in [-0.4, -0.2) is 42.2 Å². The van der Waals surface area contributed by atoms with Crippen LogP contribution in [0.15, 0.2) is 24.3 Å². The lowest BCUT2D eigenvalue weighted by Gasteiger charge is -2.23. The van der Waals surface area contributed by atoms with E-state index in [0.29, 0.717) is 0 Å². The number of nitrogens with zero attached hydrogens (tertiary/aromatic N) is 1. The molecule has 1 aromatic rings. The molecule has 20 heavy (non-hydrogen) atoms. The van der Waals surface area contributed by atoms with Gasteiger partial charge in [-0.3, -0.25) is 9.69 Å². The molecule has 1 amide bonds. The van der Waals surface area contributed by atoms with E-state index >= 15 is 0 Å².